The highest BCUT2D eigenvalue weighted by Gasteiger charge is 2.62. The first-order valence-corrected chi connectivity index (χ1v) is 4.82. The first-order valence-electron chi connectivity index (χ1n) is 4.82. The Morgan fingerprint density at radius 2 is 2.09 bits per heavy atom. The molecule has 3 unspecified atom stereocenters. The Kier molecular flexibility index (Phi) is 1.54. The van der Waals surface area contributed by atoms with Crippen LogP contribution in [0.25, 0.3) is 0 Å². The molecule has 3 atom stereocenters. The minimum atomic E-state index is -0.105. The summed E-state index contributed by atoms with van der Waals surface area (Å²) in [4.78, 5) is 0. The van der Waals surface area contributed by atoms with Gasteiger partial charge in [0.2, 0.25) is 0 Å². The van der Waals surface area contributed by atoms with Crippen LogP contribution in [0.3, 0.4) is 0 Å². The Balaban J connectivity index is 1.74. The molecule has 2 aliphatic rings. The highest BCUT2D eigenvalue weighted by molar-refractivity contribution is 5.12. The van der Waals surface area contributed by atoms with E-state index in [4.69, 9.17) is 0 Å². The summed E-state index contributed by atoms with van der Waals surface area (Å²) < 4.78 is 0. The van der Waals surface area contributed by atoms with Crippen LogP contribution in [-0.2, 0) is 0 Å². The van der Waals surface area contributed by atoms with Crippen molar-refractivity contribution < 1.29 is 5.11 Å². The number of hydrogen-bond acceptors (Lipinski definition) is 1. The summed E-state index contributed by atoms with van der Waals surface area (Å²) in [6, 6.07) is 0. The number of aliphatic hydroxyl groups excluding tert-OH is 1. The quantitative estimate of drug-likeness (QED) is 0.660. The molecule has 0 radical (unpaired) electrons. The summed E-state index contributed by atoms with van der Waals surface area (Å²) in [7, 11) is 0. The lowest BCUT2D eigenvalue weighted by Gasteiger charge is -2.13. The molecule has 0 aromatic rings. The molecule has 0 aromatic heterocycles. The van der Waals surface area contributed by atoms with Gasteiger partial charge in [0.15, 0.2) is 0 Å². The molecule has 2 saturated carbocycles. The Morgan fingerprint density at radius 3 is 2.45 bits per heavy atom. The summed E-state index contributed by atoms with van der Waals surface area (Å²) >= 11 is 0. The van der Waals surface area contributed by atoms with E-state index in [0.717, 1.165) is 11.3 Å². The first-order chi connectivity index (χ1) is 5.14. The van der Waals surface area contributed by atoms with Crippen molar-refractivity contribution in [2.75, 3.05) is 0 Å². The second-order valence-electron chi connectivity index (χ2n) is 4.72. The molecule has 0 heterocycles. The van der Waals surface area contributed by atoms with Gasteiger partial charge in [0.25, 0.3) is 0 Å². The number of rotatable bonds is 3. The van der Waals surface area contributed by atoms with Crippen molar-refractivity contribution in [2.45, 2.75) is 45.6 Å². The molecule has 0 amide bonds. The van der Waals surface area contributed by atoms with Crippen molar-refractivity contribution in [3.05, 3.63) is 0 Å². The summed E-state index contributed by atoms with van der Waals surface area (Å²) in [6.07, 6.45) is 5.57. The monoisotopic (exact) mass is 154 g/mol. The standard InChI is InChI=1S/C10H18O/c1-7(8(2)11)5-9-6-10(9)3-4-10/h7-9,11H,3-6H2,1-2H3. The Labute approximate surface area is 68.8 Å². The van der Waals surface area contributed by atoms with Gasteiger partial charge in [-0.2, -0.15) is 0 Å². The summed E-state index contributed by atoms with van der Waals surface area (Å²) in [6.45, 7) is 4.08. The van der Waals surface area contributed by atoms with Crippen LogP contribution in [0.15, 0.2) is 0 Å². The molecule has 0 aliphatic heterocycles. The van der Waals surface area contributed by atoms with Crippen LogP contribution in [0, 0.1) is 17.3 Å². The van der Waals surface area contributed by atoms with E-state index in [-0.39, 0.29) is 6.10 Å². The van der Waals surface area contributed by atoms with Crippen LogP contribution in [0.1, 0.15) is 39.5 Å². The molecule has 1 heteroatoms. The third kappa shape index (κ3) is 1.31. The van der Waals surface area contributed by atoms with Gasteiger partial charge in [-0.1, -0.05) is 6.92 Å². The lowest BCUT2D eigenvalue weighted by Crippen LogP contribution is -2.13. The maximum atomic E-state index is 9.29. The third-order valence-corrected chi connectivity index (χ3v) is 3.73. The van der Waals surface area contributed by atoms with E-state index >= 15 is 0 Å². The van der Waals surface area contributed by atoms with Gasteiger partial charge in [-0.05, 0) is 49.9 Å². The predicted molar refractivity (Wildman–Crippen MR) is 45.2 cm³/mol. The topological polar surface area (TPSA) is 20.2 Å². The van der Waals surface area contributed by atoms with Crippen molar-refractivity contribution >= 4 is 0 Å². The molecule has 64 valence electrons. The minimum absolute atomic E-state index is 0.105. The van der Waals surface area contributed by atoms with Gasteiger partial charge in [0.1, 0.15) is 0 Å². The zero-order valence-electron chi connectivity index (χ0n) is 7.51. The maximum absolute atomic E-state index is 9.29. The van der Waals surface area contributed by atoms with E-state index < -0.39 is 0 Å². The molecule has 0 aromatic carbocycles. The zero-order chi connectivity index (χ0) is 8.06. The fourth-order valence-corrected chi connectivity index (χ4v) is 2.18. The average Bonchev–Trinajstić information content (AvgIpc) is 2.78. The van der Waals surface area contributed by atoms with Crippen LogP contribution >= 0.6 is 0 Å². The molecule has 0 bridgehead atoms. The van der Waals surface area contributed by atoms with Gasteiger partial charge in [-0.15, -0.1) is 0 Å². The molecule has 11 heavy (non-hydrogen) atoms. The molecule has 1 N–H and O–H groups in total. The Bertz CT molecular complexity index is 158. The van der Waals surface area contributed by atoms with Crippen molar-refractivity contribution in [1.82, 2.24) is 0 Å². The molecule has 2 rings (SSSR count). The molecule has 2 fully saturated rings. The number of hydrogen-bond donors (Lipinski definition) is 1. The molecular weight excluding hydrogens is 136 g/mol. The van der Waals surface area contributed by atoms with Crippen molar-refractivity contribution in [1.29, 1.82) is 0 Å². The van der Waals surface area contributed by atoms with Crippen LogP contribution in [-0.4, -0.2) is 11.2 Å². The highest BCUT2D eigenvalue weighted by Crippen LogP contribution is 2.72. The van der Waals surface area contributed by atoms with E-state index in [0.29, 0.717) is 5.92 Å². The zero-order valence-corrected chi connectivity index (χ0v) is 7.51. The van der Waals surface area contributed by atoms with Crippen LogP contribution < -0.4 is 0 Å². The van der Waals surface area contributed by atoms with Crippen LogP contribution in [0.4, 0.5) is 0 Å². The molecule has 1 nitrogen and oxygen atoms in total. The van der Waals surface area contributed by atoms with Gasteiger partial charge in [0.05, 0.1) is 6.10 Å². The molecular formula is C10H18O. The Morgan fingerprint density at radius 1 is 1.45 bits per heavy atom. The van der Waals surface area contributed by atoms with Crippen molar-refractivity contribution in [3.8, 4) is 0 Å². The molecule has 2 aliphatic carbocycles. The van der Waals surface area contributed by atoms with Gasteiger partial charge in [0, 0.05) is 0 Å². The lowest BCUT2D eigenvalue weighted by atomic mass is 9.98. The van der Waals surface area contributed by atoms with Gasteiger partial charge < -0.3 is 5.11 Å². The fourth-order valence-electron chi connectivity index (χ4n) is 2.18. The predicted octanol–water partition coefficient (Wildman–Crippen LogP) is 2.19. The van der Waals surface area contributed by atoms with Gasteiger partial charge >= 0.3 is 0 Å². The van der Waals surface area contributed by atoms with E-state index in [1.54, 1.807) is 0 Å². The second kappa shape index (κ2) is 2.22. The van der Waals surface area contributed by atoms with Crippen LogP contribution in [0.2, 0.25) is 0 Å². The maximum Gasteiger partial charge on any atom is 0.0537 e. The van der Waals surface area contributed by atoms with E-state index in [2.05, 4.69) is 6.92 Å². The summed E-state index contributed by atoms with van der Waals surface area (Å²) in [5.41, 5.74) is 0.823. The highest BCUT2D eigenvalue weighted by atomic mass is 16.3. The molecule has 1 spiro atoms. The van der Waals surface area contributed by atoms with E-state index in [9.17, 15) is 5.11 Å². The van der Waals surface area contributed by atoms with E-state index in [1.165, 1.54) is 25.7 Å². The lowest BCUT2D eigenvalue weighted by molar-refractivity contribution is 0.125. The van der Waals surface area contributed by atoms with E-state index in [1.807, 2.05) is 6.92 Å². The summed E-state index contributed by atoms with van der Waals surface area (Å²) in [5.74, 6) is 1.49. The summed E-state index contributed by atoms with van der Waals surface area (Å²) in [5, 5.41) is 9.29. The van der Waals surface area contributed by atoms with Crippen molar-refractivity contribution in [2.24, 2.45) is 17.3 Å². The Hall–Kier alpha value is -0.0400. The largest absolute Gasteiger partial charge is 0.393 e. The van der Waals surface area contributed by atoms with Crippen LogP contribution in [0.5, 0.6) is 0 Å². The molecule has 0 saturated heterocycles. The van der Waals surface area contributed by atoms with Gasteiger partial charge in [-0.3, -0.25) is 0 Å². The second-order valence-corrected chi connectivity index (χ2v) is 4.72. The average molecular weight is 154 g/mol. The normalized spacial score (nSPS) is 36.8. The smallest absolute Gasteiger partial charge is 0.0537 e. The first kappa shape index (κ1) is 7.60. The van der Waals surface area contributed by atoms with Gasteiger partial charge in [-0.25, -0.2) is 0 Å². The SMILES string of the molecule is CC(O)C(C)CC1CC12CC2. The fraction of sp³-hybridized carbons (Fsp3) is 1.00. The minimum Gasteiger partial charge on any atom is -0.393 e. The number of aliphatic hydroxyl groups is 1. The van der Waals surface area contributed by atoms with Crippen molar-refractivity contribution in [3.63, 3.8) is 0 Å². The third-order valence-electron chi connectivity index (χ3n) is 3.73.